The zero-order valence-electron chi connectivity index (χ0n) is 12.7. The summed E-state index contributed by atoms with van der Waals surface area (Å²) >= 11 is 0. The van der Waals surface area contributed by atoms with Gasteiger partial charge < -0.3 is 21.4 Å². The molecule has 2 rings (SSSR count). The summed E-state index contributed by atoms with van der Waals surface area (Å²) < 4.78 is 0. The Kier molecular flexibility index (Phi) is 5.58. The number of anilines is 2. The molecule has 0 bridgehead atoms. The number of aromatic nitrogens is 2. The third kappa shape index (κ3) is 3.74. The summed E-state index contributed by atoms with van der Waals surface area (Å²) in [5, 5.41) is 0. The SMILES string of the molecule is CCC(CCN)N1CCCN(c2nc[nH]c(=O)c2N)CC1. The van der Waals surface area contributed by atoms with E-state index in [0.717, 1.165) is 52.0 Å². The van der Waals surface area contributed by atoms with E-state index in [1.807, 2.05) is 0 Å². The fraction of sp³-hybridized carbons (Fsp3) is 0.714. The summed E-state index contributed by atoms with van der Waals surface area (Å²) in [6.45, 7) is 6.64. The number of hydrogen-bond acceptors (Lipinski definition) is 6. The Morgan fingerprint density at radius 3 is 2.90 bits per heavy atom. The predicted octanol–water partition coefficient (Wildman–Crippen LogP) is -0.00840. The Morgan fingerprint density at radius 1 is 1.38 bits per heavy atom. The van der Waals surface area contributed by atoms with Crippen LogP contribution in [0.15, 0.2) is 11.1 Å². The second-order valence-corrected chi connectivity index (χ2v) is 5.48. The van der Waals surface area contributed by atoms with Gasteiger partial charge in [-0.3, -0.25) is 9.69 Å². The van der Waals surface area contributed by atoms with E-state index >= 15 is 0 Å². The highest BCUT2D eigenvalue weighted by Gasteiger charge is 2.22. The van der Waals surface area contributed by atoms with Crippen molar-refractivity contribution < 1.29 is 0 Å². The largest absolute Gasteiger partial charge is 0.391 e. The molecule has 1 aromatic heterocycles. The molecule has 1 atom stereocenters. The molecular weight excluding hydrogens is 268 g/mol. The van der Waals surface area contributed by atoms with E-state index in [4.69, 9.17) is 11.5 Å². The molecule has 5 N–H and O–H groups in total. The van der Waals surface area contributed by atoms with E-state index in [1.165, 1.54) is 6.33 Å². The highest BCUT2D eigenvalue weighted by atomic mass is 16.1. The molecule has 118 valence electrons. The standard InChI is InChI=1S/C14H26N6O/c1-2-11(4-5-15)19-6-3-7-20(9-8-19)13-12(16)14(21)18-10-17-13/h10-11H,2-9,15-16H2,1H3,(H,17,18,21). The van der Waals surface area contributed by atoms with Crippen LogP contribution in [0.25, 0.3) is 0 Å². The van der Waals surface area contributed by atoms with Crippen LogP contribution in [0.3, 0.4) is 0 Å². The molecular formula is C14H26N6O. The molecule has 21 heavy (non-hydrogen) atoms. The summed E-state index contributed by atoms with van der Waals surface area (Å²) in [5.41, 5.74) is 11.5. The maximum absolute atomic E-state index is 11.6. The van der Waals surface area contributed by atoms with Crippen molar-refractivity contribution in [2.75, 3.05) is 43.4 Å². The van der Waals surface area contributed by atoms with Crippen molar-refractivity contribution >= 4 is 11.5 Å². The van der Waals surface area contributed by atoms with Gasteiger partial charge in [-0.25, -0.2) is 4.98 Å². The van der Waals surface area contributed by atoms with Crippen LogP contribution in [-0.2, 0) is 0 Å². The van der Waals surface area contributed by atoms with E-state index in [0.29, 0.717) is 11.9 Å². The van der Waals surface area contributed by atoms with Crippen LogP contribution in [0.1, 0.15) is 26.2 Å². The van der Waals surface area contributed by atoms with Gasteiger partial charge in [0.1, 0.15) is 5.69 Å². The van der Waals surface area contributed by atoms with Gasteiger partial charge in [0.2, 0.25) is 0 Å². The Balaban J connectivity index is 2.07. The number of nitrogens with one attached hydrogen (secondary N) is 1. The maximum atomic E-state index is 11.6. The Hall–Kier alpha value is -1.60. The van der Waals surface area contributed by atoms with Gasteiger partial charge in [-0.2, -0.15) is 0 Å². The zero-order valence-corrected chi connectivity index (χ0v) is 12.7. The Morgan fingerprint density at radius 2 is 2.19 bits per heavy atom. The molecule has 1 fully saturated rings. The van der Waals surface area contributed by atoms with E-state index in [-0.39, 0.29) is 11.2 Å². The number of hydrogen-bond donors (Lipinski definition) is 3. The summed E-state index contributed by atoms with van der Waals surface area (Å²) in [6, 6.07) is 0.541. The fourth-order valence-corrected chi connectivity index (χ4v) is 3.00. The smallest absolute Gasteiger partial charge is 0.276 e. The van der Waals surface area contributed by atoms with Crippen molar-refractivity contribution in [2.24, 2.45) is 5.73 Å². The monoisotopic (exact) mass is 294 g/mol. The van der Waals surface area contributed by atoms with Crippen LogP contribution in [-0.4, -0.2) is 53.6 Å². The van der Waals surface area contributed by atoms with E-state index in [1.54, 1.807) is 0 Å². The number of nitrogens with two attached hydrogens (primary N) is 2. The third-order valence-corrected chi connectivity index (χ3v) is 4.19. The van der Waals surface area contributed by atoms with Crippen molar-refractivity contribution in [3.8, 4) is 0 Å². The average Bonchev–Trinajstić information content (AvgIpc) is 2.73. The van der Waals surface area contributed by atoms with E-state index in [2.05, 4.69) is 26.7 Å². The van der Waals surface area contributed by atoms with Crippen molar-refractivity contribution in [3.05, 3.63) is 16.7 Å². The second kappa shape index (κ2) is 7.42. The minimum Gasteiger partial charge on any atom is -0.391 e. The van der Waals surface area contributed by atoms with Crippen LogP contribution in [0.4, 0.5) is 11.5 Å². The molecule has 1 unspecified atom stereocenters. The molecule has 7 heteroatoms. The van der Waals surface area contributed by atoms with Crippen LogP contribution in [0.2, 0.25) is 0 Å². The summed E-state index contributed by atoms with van der Waals surface area (Å²) in [6.07, 6.45) is 4.60. The lowest BCUT2D eigenvalue weighted by atomic mass is 10.1. The minimum atomic E-state index is -0.268. The first kappa shape index (κ1) is 15.8. The van der Waals surface area contributed by atoms with Gasteiger partial charge in [-0.05, 0) is 25.8 Å². The Labute approximate surface area is 125 Å². The zero-order chi connectivity index (χ0) is 15.2. The highest BCUT2D eigenvalue weighted by Crippen LogP contribution is 2.19. The first-order chi connectivity index (χ1) is 10.2. The lowest BCUT2D eigenvalue weighted by Gasteiger charge is -2.29. The summed E-state index contributed by atoms with van der Waals surface area (Å²) in [5.74, 6) is 0.604. The third-order valence-electron chi connectivity index (χ3n) is 4.19. The number of H-pyrrole nitrogens is 1. The van der Waals surface area contributed by atoms with Gasteiger partial charge in [0.25, 0.3) is 5.56 Å². The number of rotatable bonds is 5. The van der Waals surface area contributed by atoms with Crippen molar-refractivity contribution in [2.45, 2.75) is 32.2 Å². The van der Waals surface area contributed by atoms with E-state index < -0.39 is 0 Å². The average molecular weight is 294 g/mol. The summed E-state index contributed by atoms with van der Waals surface area (Å²) in [4.78, 5) is 23.0. The maximum Gasteiger partial charge on any atom is 0.276 e. The van der Waals surface area contributed by atoms with Crippen molar-refractivity contribution in [3.63, 3.8) is 0 Å². The van der Waals surface area contributed by atoms with Crippen molar-refractivity contribution in [1.29, 1.82) is 0 Å². The number of aromatic amines is 1. The van der Waals surface area contributed by atoms with E-state index in [9.17, 15) is 4.79 Å². The quantitative estimate of drug-likeness (QED) is 0.705. The van der Waals surface area contributed by atoms with Crippen LogP contribution in [0.5, 0.6) is 0 Å². The van der Waals surface area contributed by atoms with Gasteiger partial charge in [0.05, 0.1) is 6.33 Å². The molecule has 2 heterocycles. The molecule has 0 radical (unpaired) electrons. The summed E-state index contributed by atoms with van der Waals surface area (Å²) in [7, 11) is 0. The molecule has 0 saturated carbocycles. The first-order valence-electron chi connectivity index (χ1n) is 7.69. The lowest BCUT2D eigenvalue weighted by Crippen LogP contribution is -2.39. The van der Waals surface area contributed by atoms with Crippen LogP contribution in [0, 0.1) is 0 Å². The molecule has 0 amide bonds. The molecule has 0 spiro atoms. The molecule has 7 nitrogen and oxygen atoms in total. The highest BCUT2D eigenvalue weighted by molar-refractivity contribution is 5.60. The Bertz CT molecular complexity index is 502. The van der Waals surface area contributed by atoms with Gasteiger partial charge in [0.15, 0.2) is 5.82 Å². The molecule has 1 saturated heterocycles. The molecule has 1 aliphatic heterocycles. The number of nitrogen functional groups attached to an aromatic ring is 1. The fourth-order valence-electron chi connectivity index (χ4n) is 3.00. The first-order valence-corrected chi connectivity index (χ1v) is 7.69. The minimum absolute atomic E-state index is 0.208. The van der Waals surface area contributed by atoms with Crippen molar-refractivity contribution in [1.82, 2.24) is 14.9 Å². The molecule has 1 aliphatic rings. The second-order valence-electron chi connectivity index (χ2n) is 5.48. The lowest BCUT2D eigenvalue weighted by molar-refractivity contribution is 0.196. The van der Waals surface area contributed by atoms with Gasteiger partial charge in [0, 0.05) is 32.2 Å². The predicted molar refractivity (Wildman–Crippen MR) is 85.4 cm³/mol. The van der Waals surface area contributed by atoms with Gasteiger partial charge >= 0.3 is 0 Å². The van der Waals surface area contributed by atoms with Gasteiger partial charge in [-0.15, -0.1) is 0 Å². The number of nitrogens with zero attached hydrogens (tertiary/aromatic N) is 3. The topological polar surface area (TPSA) is 104 Å². The normalized spacial score (nSPS) is 18.5. The molecule has 0 aliphatic carbocycles. The van der Waals surface area contributed by atoms with Crippen LogP contribution < -0.4 is 21.9 Å². The van der Waals surface area contributed by atoms with Crippen LogP contribution >= 0.6 is 0 Å². The molecule has 0 aromatic carbocycles. The van der Waals surface area contributed by atoms with Gasteiger partial charge in [-0.1, -0.05) is 6.92 Å². The molecule has 1 aromatic rings.